The second kappa shape index (κ2) is 6.53. The highest BCUT2D eigenvalue weighted by molar-refractivity contribution is 6.15. The zero-order valence-electron chi connectivity index (χ0n) is 17.0. The Hall–Kier alpha value is -2.60. The van der Waals surface area contributed by atoms with Gasteiger partial charge in [-0.05, 0) is 55.1 Å². The minimum Gasteiger partial charge on any atom is -0.0616 e. The first-order valence-corrected chi connectivity index (χ1v) is 9.92. The molecule has 0 saturated heterocycles. The summed E-state index contributed by atoms with van der Waals surface area (Å²) in [5, 5.41) is 5.46. The molecule has 0 spiro atoms. The van der Waals surface area contributed by atoms with Gasteiger partial charge < -0.3 is 0 Å². The van der Waals surface area contributed by atoms with Crippen LogP contribution in [0.3, 0.4) is 0 Å². The number of hydrogen-bond donors (Lipinski definition) is 0. The van der Waals surface area contributed by atoms with Gasteiger partial charge in [-0.25, -0.2) is 0 Å². The molecule has 0 aliphatic heterocycles. The average Bonchev–Trinajstić information content (AvgIpc) is 2.65. The van der Waals surface area contributed by atoms with Crippen molar-refractivity contribution in [2.24, 2.45) is 0 Å². The second-order valence-corrected chi connectivity index (χ2v) is 8.87. The molecule has 27 heavy (non-hydrogen) atoms. The molecule has 0 aliphatic carbocycles. The molecule has 0 heteroatoms. The number of fused-ring (bicyclic) bond motifs is 2. The van der Waals surface area contributed by atoms with Crippen LogP contribution >= 0.6 is 0 Å². The number of rotatable bonds is 2. The van der Waals surface area contributed by atoms with Crippen LogP contribution < -0.4 is 0 Å². The van der Waals surface area contributed by atoms with Crippen molar-refractivity contribution in [1.29, 1.82) is 0 Å². The van der Waals surface area contributed by atoms with Gasteiger partial charge in [0.15, 0.2) is 0 Å². The molecule has 0 radical (unpaired) electrons. The van der Waals surface area contributed by atoms with Gasteiger partial charge in [-0.1, -0.05) is 107 Å². The Kier molecular flexibility index (Phi) is 4.30. The quantitative estimate of drug-likeness (QED) is 0.320. The van der Waals surface area contributed by atoms with Gasteiger partial charge in [0, 0.05) is 0 Å². The molecule has 0 bridgehead atoms. The zero-order chi connectivity index (χ0) is 19.2. The second-order valence-electron chi connectivity index (χ2n) is 8.87. The van der Waals surface area contributed by atoms with Crippen molar-refractivity contribution in [1.82, 2.24) is 0 Å². The van der Waals surface area contributed by atoms with Crippen LogP contribution in [0.5, 0.6) is 0 Å². The normalized spacial score (nSPS) is 12.2. The highest BCUT2D eigenvalue weighted by atomic mass is 14.2. The van der Waals surface area contributed by atoms with Crippen molar-refractivity contribution >= 4 is 21.5 Å². The van der Waals surface area contributed by atoms with Crippen LogP contribution in [-0.2, 0) is 5.41 Å². The predicted molar refractivity (Wildman–Crippen MR) is 120 cm³/mol. The molecular formula is C27H28. The molecule has 0 aliphatic rings. The lowest BCUT2D eigenvalue weighted by atomic mass is 9.82. The van der Waals surface area contributed by atoms with Crippen molar-refractivity contribution in [3.63, 3.8) is 0 Å². The molecule has 4 rings (SSSR count). The van der Waals surface area contributed by atoms with Gasteiger partial charge in [-0.3, -0.25) is 0 Å². The summed E-state index contributed by atoms with van der Waals surface area (Å²) in [6, 6.07) is 26.9. The maximum atomic E-state index is 2.38. The van der Waals surface area contributed by atoms with Crippen molar-refractivity contribution in [2.75, 3.05) is 0 Å². The van der Waals surface area contributed by atoms with Crippen LogP contribution in [0, 0.1) is 0 Å². The summed E-state index contributed by atoms with van der Waals surface area (Å²) < 4.78 is 0. The monoisotopic (exact) mass is 352 g/mol. The average molecular weight is 353 g/mol. The summed E-state index contributed by atoms with van der Waals surface area (Å²) in [5.41, 5.74) is 5.64. The molecule has 4 aromatic carbocycles. The van der Waals surface area contributed by atoms with E-state index in [-0.39, 0.29) is 5.41 Å². The highest BCUT2D eigenvalue weighted by Crippen LogP contribution is 2.42. The van der Waals surface area contributed by atoms with Crippen LogP contribution in [0.15, 0.2) is 72.8 Å². The van der Waals surface area contributed by atoms with E-state index < -0.39 is 0 Å². The molecule has 0 unspecified atom stereocenters. The maximum Gasteiger partial charge on any atom is -0.00265 e. The topological polar surface area (TPSA) is 0 Å². The molecule has 0 nitrogen and oxygen atoms in total. The number of hydrogen-bond acceptors (Lipinski definition) is 0. The first-order chi connectivity index (χ1) is 12.9. The van der Waals surface area contributed by atoms with E-state index in [1.807, 2.05) is 0 Å². The van der Waals surface area contributed by atoms with E-state index in [1.54, 1.807) is 0 Å². The first kappa shape index (κ1) is 17.8. The van der Waals surface area contributed by atoms with Gasteiger partial charge in [-0.15, -0.1) is 0 Å². The van der Waals surface area contributed by atoms with Crippen LogP contribution in [-0.4, -0.2) is 0 Å². The molecule has 0 N–H and O–H groups in total. The standard InChI is InChI=1S/C27H28/c1-18(2)25-21-13-6-8-15-23(21)26(24-16-9-7-14-22(24)25)19-11-10-12-20(17-19)27(3,4)5/h6-18H,1-5H3. The summed E-state index contributed by atoms with van der Waals surface area (Å²) in [7, 11) is 0. The van der Waals surface area contributed by atoms with Gasteiger partial charge in [-0.2, -0.15) is 0 Å². The molecule has 0 saturated carbocycles. The van der Waals surface area contributed by atoms with E-state index in [0.717, 1.165) is 0 Å². The Balaban J connectivity index is 2.17. The largest absolute Gasteiger partial charge is 0.0616 e. The van der Waals surface area contributed by atoms with E-state index >= 15 is 0 Å². The minimum absolute atomic E-state index is 0.138. The lowest BCUT2D eigenvalue weighted by Crippen LogP contribution is -2.10. The summed E-state index contributed by atoms with van der Waals surface area (Å²) in [5.74, 6) is 0.481. The fourth-order valence-corrected chi connectivity index (χ4v) is 4.24. The van der Waals surface area contributed by atoms with Gasteiger partial charge in [0.2, 0.25) is 0 Å². The molecule has 0 heterocycles. The summed E-state index contributed by atoms with van der Waals surface area (Å²) in [6.45, 7) is 11.4. The smallest absolute Gasteiger partial charge is 0.00265 e. The maximum absolute atomic E-state index is 2.38. The fraction of sp³-hybridized carbons (Fsp3) is 0.259. The van der Waals surface area contributed by atoms with Gasteiger partial charge >= 0.3 is 0 Å². The van der Waals surface area contributed by atoms with Crippen LogP contribution in [0.1, 0.15) is 51.7 Å². The molecule has 136 valence electrons. The van der Waals surface area contributed by atoms with Crippen molar-refractivity contribution in [3.05, 3.63) is 83.9 Å². The number of benzene rings is 4. The zero-order valence-corrected chi connectivity index (χ0v) is 17.0. The van der Waals surface area contributed by atoms with Gasteiger partial charge in [0.1, 0.15) is 0 Å². The van der Waals surface area contributed by atoms with Gasteiger partial charge in [0.25, 0.3) is 0 Å². The summed E-state index contributed by atoms with van der Waals surface area (Å²) in [4.78, 5) is 0. The Labute approximate surface area is 162 Å². The Bertz CT molecular complexity index is 1070. The van der Waals surface area contributed by atoms with Crippen molar-refractivity contribution < 1.29 is 0 Å². The van der Waals surface area contributed by atoms with Crippen LogP contribution in [0.4, 0.5) is 0 Å². The minimum atomic E-state index is 0.138. The predicted octanol–water partition coefficient (Wildman–Crippen LogP) is 8.08. The lowest BCUT2D eigenvalue weighted by Gasteiger charge is -2.22. The van der Waals surface area contributed by atoms with E-state index in [2.05, 4.69) is 107 Å². The highest BCUT2D eigenvalue weighted by Gasteiger charge is 2.18. The SMILES string of the molecule is CC(C)c1c2ccccc2c(-c2cccc(C(C)(C)C)c2)c2ccccc12. The molecule has 0 aromatic heterocycles. The third kappa shape index (κ3) is 3.04. The molecule has 4 aromatic rings. The Morgan fingerprint density at radius 1 is 0.630 bits per heavy atom. The van der Waals surface area contributed by atoms with Crippen molar-refractivity contribution in [2.45, 2.75) is 46.0 Å². The molecular weight excluding hydrogens is 324 g/mol. The first-order valence-electron chi connectivity index (χ1n) is 9.92. The lowest BCUT2D eigenvalue weighted by molar-refractivity contribution is 0.590. The Morgan fingerprint density at radius 3 is 1.63 bits per heavy atom. The molecule has 0 fully saturated rings. The molecule has 0 atom stereocenters. The molecule has 0 amide bonds. The van der Waals surface area contributed by atoms with Crippen LogP contribution in [0.2, 0.25) is 0 Å². The third-order valence-electron chi connectivity index (χ3n) is 5.57. The Morgan fingerprint density at radius 2 is 1.15 bits per heavy atom. The van der Waals surface area contributed by atoms with E-state index in [0.29, 0.717) is 5.92 Å². The summed E-state index contributed by atoms with van der Waals surface area (Å²) in [6.07, 6.45) is 0. The van der Waals surface area contributed by atoms with Gasteiger partial charge in [0.05, 0.1) is 0 Å². The van der Waals surface area contributed by atoms with E-state index in [1.165, 1.54) is 43.8 Å². The fourth-order valence-electron chi connectivity index (χ4n) is 4.24. The third-order valence-corrected chi connectivity index (χ3v) is 5.57. The van der Waals surface area contributed by atoms with E-state index in [9.17, 15) is 0 Å². The van der Waals surface area contributed by atoms with Crippen molar-refractivity contribution in [3.8, 4) is 11.1 Å². The van der Waals surface area contributed by atoms with E-state index in [4.69, 9.17) is 0 Å². The summed E-state index contributed by atoms with van der Waals surface area (Å²) >= 11 is 0. The van der Waals surface area contributed by atoms with Crippen LogP contribution in [0.25, 0.3) is 32.7 Å².